The maximum absolute atomic E-state index is 13.1. The average Bonchev–Trinajstić information content (AvgIpc) is 3.25. The molecule has 0 bridgehead atoms. The van der Waals surface area contributed by atoms with Gasteiger partial charge in [-0.15, -0.1) is 0 Å². The van der Waals surface area contributed by atoms with Crippen LogP contribution in [-0.4, -0.2) is 38.0 Å². The number of amides is 1. The van der Waals surface area contributed by atoms with E-state index < -0.39 is 29.8 Å². The number of aromatic nitrogens is 4. The Kier molecular flexibility index (Phi) is 5.18. The molecule has 8 nitrogen and oxygen atoms in total. The molecule has 2 heterocycles. The van der Waals surface area contributed by atoms with Gasteiger partial charge in [0, 0.05) is 18.7 Å². The number of carbonyl (C=O) groups excluding carboxylic acids is 2. The molecule has 11 heteroatoms. The van der Waals surface area contributed by atoms with Gasteiger partial charge in [0.25, 0.3) is 0 Å². The van der Waals surface area contributed by atoms with Crippen molar-refractivity contribution in [2.75, 3.05) is 11.9 Å². The van der Waals surface area contributed by atoms with Gasteiger partial charge in [-0.2, -0.15) is 23.4 Å². The standard InChI is InChI=1S/C17H20F3N5O3/c1-4-28-16(27)11-8-21-24(3)14(11)22-15(26)9(2)25-12(10-5-6-10)7-13(23-25)17(18,19)20/h7-10H,4-6H2,1-3H3,(H,22,26). The summed E-state index contributed by atoms with van der Waals surface area (Å²) < 4.78 is 46.5. The van der Waals surface area contributed by atoms with E-state index in [0.29, 0.717) is 5.69 Å². The maximum Gasteiger partial charge on any atom is 0.435 e. The fraction of sp³-hybridized carbons (Fsp3) is 0.529. The summed E-state index contributed by atoms with van der Waals surface area (Å²) in [7, 11) is 1.52. The summed E-state index contributed by atoms with van der Waals surface area (Å²) in [6, 6.07) is -0.0214. The van der Waals surface area contributed by atoms with Gasteiger partial charge < -0.3 is 10.1 Å². The Morgan fingerprint density at radius 1 is 1.39 bits per heavy atom. The van der Waals surface area contributed by atoms with E-state index in [1.807, 2.05) is 0 Å². The third-order valence-corrected chi connectivity index (χ3v) is 4.47. The number of alkyl halides is 3. The number of halogens is 3. The number of aryl methyl sites for hydroxylation is 1. The van der Waals surface area contributed by atoms with E-state index in [4.69, 9.17) is 4.74 Å². The predicted molar refractivity (Wildman–Crippen MR) is 91.7 cm³/mol. The van der Waals surface area contributed by atoms with Gasteiger partial charge in [0.1, 0.15) is 17.4 Å². The molecule has 2 aromatic rings. The van der Waals surface area contributed by atoms with Crippen LogP contribution in [0.4, 0.5) is 19.0 Å². The van der Waals surface area contributed by atoms with Crippen LogP contribution in [0.15, 0.2) is 12.3 Å². The van der Waals surface area contributed by atoms with Gasteiger partial charge >= 0.3 is 12.1 Å². The van der Waals surface area contributed by atoms with Gasteiger partial charge in [-0.1, -0.05) is 0 Å². The van der Waals surface area contributed by atoms with Gasteiger partial charge in [0.2, 0.25) is 5.91 Å². The highest BCUT2D eigenvalue weighted by atomic mass is 19.4. The van der Waals surface area contributed by atoms with Gasteiger partial charge in [-0.05, 0) is 32.8 Å². The van der Waals surface area contributed by atoms with Crippen molar-refractivity contribution in [3.63, 3.8) is 0 Å². The minimum Gasteiger partial charge on any atom is -0.462 e. The zero-order valence-corrected chi connectivity index (χ0v) is 15.6. The highest BCUT2D eigenvalue weighted by Crippen LogP contribution is 2.43. The van der Waals surface area contributed by atoms with Crippen LogP contribution in [0.25, 0.3) is 0 Å². The molecule has 3 rings (SSSR count). The molecule has 1 amide bonds. The van der Waals surface area contributed by atoms with E-state index in [0.717, 1.165) is 23.6 Å². The van der Waals surface area contributed by atoms with Crippen LogP contribution in [0.5, 0.6) is 0 Å². The van der Waals surface area contributed by atoms with E-state index in [1.165, 1.54) is 24.9 Å². The number of anilines is 1. The lowest BCUT2D eigenvalue weighted by Gasteiger charge is -2.16. The summed E-state index contributed by atoms with van der Waals surface area (Å²) in [6.45, 7) is 3.24. The van der Waals surface area contributed by atoms with Gasteiger partial charge in [0.15, 0.2) is 5.69 Å². The first-order valence-corrected chi connectivity index (χ1v) is 8.80. The molecule has 1 fully saturated rings. The Bertz CT molecular complexity index is 898. The van der Waals surface area contributed by atoms with Crippen molar-refractivity contribution in [1.29, 1.82) is 0 Å². The number of ether oxygens (including phenoxy) is 1. The third-order valence-electron chi connectivity index (χ3n) is 4.47. The number of nitrogens with zero attached hydrogens (tertiary/aromatic N) is 4. The van der Waals surface area contributed by atoms with Gasteiger partial charge in [0.05, 0.1) is 12.8 Å². The summed E-state index contributed by atoms with van der Waals surface area (Å²) in [5, 5.41) is 10.1. The van der Waals surface area contributed by atoms with Crippen LogP contribution in [0.3, 0.4) is 0 Å². The first-order chi connectivity index (χ1) is 13.1. The fourth-order valence-corrected chi connectivity index (χ4v) is 2.82. The molecule has 1 aliphatic carbocycles. The summed E-state index contributed by atoms with van der Waals surface area (Å²) in [4.78, 5) is 24.7. The van der Waals surface area contributed by atoms with E-state index >= 15 is 0 Å². The zero-order valence-electron chi connectivity index (χ0n) is 15.6. The van der Waals surface area contributed by atoms with E-state index in [9.17, 15) is 22.8 Å². The molecular formula is C17H20F3N5O3. The molecule has 0 aromatic carbocycles. The van der Waals surface area contributed by atoms with Gasteiger partial charge in [-0.3, -0.25) is 14.2 Å². The quantitative estimate of drug-likeness (QED) is 0.755. The second-order valence-electron chi connectivity index (χ2n) is 6.59. The third kappa shape index (κ3) is 3.87. The molecule has 0 aliphatic heterocycles. The molecule has 0 radical (unpaired) electrons. The Balaban J connectivity index is 1.86. The number of esters is 1. The lowest BCUT2D eigenvalue weighted by molar-refractivity contribution is -0.141. The smallest absolute Gasteiger partial charge is 0.435 e. The molecule has 1 unspecified atom stereocenters. The molecule has 1 atom stereocenters. The van der Waals surface area contributed by atoms with Crippen LogP contribution in [0, 0.1) is 0 Å². The van der Waals surface area contributed by atoms with Crippen molar-refractivity contribution in [2.24, 2.45) is 7.05 Å². The maximum atomic E-state index is 13.1. The Morgan fingerprint density at radius 2 is 2.07 bits per heavy atom. The van der Waals surface area contributed by atoms with E-state index in [-0.39, 0.29) is 23.9 Å². The van der Waals surface area contributed by atoms with Crippen molar-refractivity contribution < 1.29 is 27.5 Å². The van der Waals surface area contributed by atoms with Crippen LogP contribution >= 0.6 is 0 Å². The number of rotatable bonds is 6. The molecule has 0 spiro atoms. The minimum atomic E-state index is -4.59. The molecule has 1 aliphatic rings. The average molecular weight is 399 g/mol. The summed E-state index contributed by atoms with van der Waals surface area (Å²) in [5.74, 6) is -1.21. The summed E-state index contributed by atoms with van der Waals surface area (Å²) in [6.07, 6.45) is -1.83. The van der Waals surface area contributed by atoms with Crippen molar-refractivity contribution in [1.82, 2.24) is 19.6 Å². The highest BCUT2D eigenvalue weighted by Gasteiger charge is 2.39. The lowest BCUT2D eigenvalue weighted by atomic mass is 10.2. The zero-order chi connectivity index (χ0) is 20.6. The van der Waals surface area contributed by atoms with E-state index in [1.54, 1.807) is 6.92 Å². The van der Waals surface area contributed by atoms with Crippen LogP contribution in [-0.2, 0) is 22.8 Å². The topological polar surface area (TPSA) is 91.0 Å². The Labute approximate surface area is 158 Å². The summed E-state index contributed by atoms with van der Waals surface area (Å²) in [5.41, 5.74) is -0.587. The molecule has 28 heavy (non-hydrogen) atoms. The molecule has 1 N–H and O–H groups in total. The number of nitrogens with one attached hydrogen (secondary N) is 1. The molecule has 152 valence electrons. The molecule has 2 aromatic heterocycles. The number of hydrogen-bond acceptors (Lipinski definition) is 5. The van der Waals surface area contributed by atoms with Crippen molar-refractivity contribution in [3.05, 3.63) is 29.2 Å². The predicted octanol–water partition coefficient (Wildman–Crippen LogP) is 2.89. The second kappa shape index (κ2) is 7.28. The van der Waals surface area contributed by atoms with Crippen LogP contribution < -0.4 is 5.32 Å². The highest BCUT2D eigenvalue weighted by molar-refractivity contribution is 6.01. The number of hydrogen-bond donors (Lipinski definition) is 1. The first kappa shape index (κ1) is 19.9. The van der Waals surface area contributed by atoms with Crippen molar-refractivity contribution >= 4 is 17.7 Å². The first-order valence-electron chi connectivity index (χ1n) is 8.80. The molecule has 0 saturated heterocycles. The summed E-state index contributed by atoms with van der Waals surface area (Å²) >= 11 is 0. The molecule has 1 saturated carbocycles. The second-order valence-corrected chi connectivity index (χ2v) is 6.59. The van der Waals surface area contributed by atoms with Crippen molar-refractivity contribution in [2.45, 2.75) is 44.8 Å². The normalized spacial score (nSPS) is 15.4. The molecular weight excluding hydrogens is 379 g/mol. The van der Waals surface area contributed by atoms with Crippen molar-refractivity contribution in [3.8, 4) is 0 Å². The Hall–Kier alpha value is -2.85. The van der Waals surface area contributed by atoms with E-state index in [2.05, 4.69) is 15.5 Å². The van der Waals surface area contributed by atoms with Crippen LogP contribution in [0.1, 0.15) is 60.4 Å². The number of carbonyl (C=O) groups is 2. The Morgan fingerprint density at radius 3 is 2.64 bits per heavy atom. The monoisotopic (exact) mass is 399 g/mol. The fourth-order valence-electron chi connectivity index (χ4n) is 2.82. The minimum absolute atomic E-state index is 0.0364. The van der Waals surface area contributed by atoms with Gasteiger partial charge in [-0.25, -0.2) is 4.79 Å². The van der Waals surface area contributed by atoms with Crippen LogP contribution in [0.2, 0.25) is 0 Å². The lowest BCUT2D eigenvalue weighted by Crippen LogP contribution is -2.27. The largest absolute Gasteiger partial charge is 0.462 e. The SMILES string of the molecule is CCOC(=O)c1cnn(C)c1NC(=O)C(C)n1nc(C(F)(F)F)cc1C1CC1.